The normalized spacial score (nSPS) is 16.8. The molecule has 0 unspecified atom stereocenters. The molecule has 0 bridgehead atoms. The zero-order valence-electron chi connectivity index (χ0n) is 22.9. The van der Waals surface area contributed by atoms with Gasteiger partial charge in [-0.1, -0.05) is 24.3 Å². The van der Waals surface area contributed by atoms with Gasteiger partial charge in [0, 0.05) is 36.1 Å². The van der Waals surface area contributed by atoms with Gasteiger partial charge in [0.05, 0.1) is 23.5 Å². The van der Waals surface area contributed by atoms with Gasteiger partial charge >= 0.3 is 0 Å². The van der Waals surface area contributed by atoms with E-state index in [-0.39, 0.29) is 24.6 Å². The molecular formula is C31H33N5O2S. The molecule has 0 saturated carbocycles. The van der Waals surface area contributed by atoms with E-state index in [0.717, 1.165) is 22.8 Å². The average molecular weight is 540 g/mol. The van der Waals surface area contributed by atoms with E-state index in [2.05, 4.69) is 72.1 Å². The van der Waals surface area contributed by atoms with E-state index in [4.69, 9.17) is 21.9 Å². The quantitative estimate of drug-likeness (QED) is 0.286. The van der Waals surface area contributed by atoms with Crippen LogP contribution in [0.3, 0.4) is 0 Å². The van der Waals surface area contributed by atoms with Crippen LogP contribution in [0.2, 0.25) is 0 Å². The highest BCUT2D eigenvalue weighted by Gasteiger charge is 2.42. The number of amides is 1. The fourth-order valence-electron chi connectivity index (χ4n) is 5.57. The molecule has 8 heteroatoms. The van der Waals surface area contributed by atoms with Gasteiger partial charge in [-0.15, -0.1) is 0 Å². The van der Waals surface area contributed by atoms with Gasteiger partial charge in [-0.05, 0) is 99.1 Å². The second-order valence-electron chi connectivity index (χ2n) is 9.93. The van der Waals surface area contributed by atoms with Crippen LogP contribution in [0.4, 0.5) is 11.4 Å². The number of hydrogen-bond donors (Lipinski definition) is 2. The summed E-state index contributed by atoms with van der Waals surface area (Å²) in [6.07, 6.45) is 1.82. The lowest BCUT2D eigenvalue weighted by molar-refractivity contribution is -0.119. The number of pyridine rings is 1. The van der Waals surface area contributed by atoms with Crippen molar-refractivity contribution in [3.8, 4) is 5.69 Å². The Bertz CT molecular complexity index is 1490. The largest absolute Gasteiger partial charge is 0.375 e. The predicted molar refractivity (Wildman–Crippen MR) is 160 cm³/mol. The minimum atomic E-state index is -0.198. The Morgan fingerprint density at radius 2 is 1.74 bits per heavy atom. The Labute approximate surface area is 234 Å². The first-order valence-electron chi connectivity index (χ1n) is 12.9. The summed E-state index contributed by atoms with van der Waals surface area (Å²) in [5.41, 5.74) is 9.72. The third kappa shape index (κ3) is 5.05. The topological polar surface area (TPSA) is 71.4 Å². The molecule has 4 aromatic rings. The average Bonchev–Trinajstić information content (AvgIpc) is 3.40. The number of aromatic nitrogens is 2. The van der Waals surface area contributed by atoms with Crippen molar-refractivity contribution in [3.63, 3.8) is 0 Å². The summed E-state index contributed by atoms with van der Waals surface area (Å²) in [6.45, 7) is 8.65. The summed E-state index contributed by atoms with van der Waals surface area (Å²) in [5, 5.41) is 7.03. The van der Waals surface area contributed by atoms with E-state index in [9.17, 15) is 4.79 Å². The molecule has 2 atom stereocenters. The number of thiocarbonyl (C=S) groups is 1. The first-order chi connectivity index (χ1) is 18.8. The molecule has 2 aromatic heterocycles. The highest BCUT2D eigenvalue weighted by atomic mass is 32.1. The molecule has 1 fully saturated rings. The first kappa shape index (κ1) is 26.6. The van der Waals surface area contributed by atoms with Crippen LogP contribution in [0.15, 0.2) is 72.9 Å². The molecule has 0 spiro atoms. The Morgan fingerprint density at radius 1 is 1.03 bits per heavy atom. The SMILES string of the molecule is COCC(=O)Nc1ccc(N2C(=S)N[C@@H](c3ccccn3)[C@H]2c2cc(C)n(-c3c(C)cccc3C)c2C)cc1. The van der Waals surface area contributed by atoms with Gasteiger partial charge in [-0.3, -0.25) is 9.78 Å². The molecule has 1 aliphatic heterocycles. The minimum absolute atomic E-state index is 0.00565. The molecule has 1 aliphatic rings. The maximum Gasteiger partial charge on any atom is 0.250 e. The number of para-hydroxylation sites is 1. The summed E-state index contributed by atoms with van der Waals surface area (Å²) >= 11 is 5.93. The van der Waals surface area contributed by atoms with Crippen molar-refractivity contribution >= 4 is 34.6 Å². The zero-order valence-corrected chi connectivity index (χ0v) is 23.7. The number of carbonyl (C=O) groups is 1. The van der Waals surface area contributed by atoms with Crippen LogP contribution in [-0.2, 0) is 9.53 Å². The van der Waals surface area contributed by atoms with Gasteiger partial charge < -0.3 is 24.8 Å². The smallest absolute Gasteiger partial charge is 0.250 e. The van der Waals surface area contributed by atoms with Gasteiger partial charge in [0.2, 0.25) is 5.91 Å². The predicted octanol–water partition coefficient (Wildman–Crippen LogP) is 5.87. The molecule has 1 amide bonds. The summed E-state index contributed by atoms with van der Waals surface area (Å²) in [6, 6.07) is 22.1. The maximum absolute atomic E-state index is 12.0. The number of hydrogen-bond acceptors (Lipinski definition) is 4. The van der Waals surface area contributed by atoms with Crippen molar-refractivity contribution in [1.82, 2.24) is 14.9 Å². The number of nitrogens with one attached hydrogen (secondary N) is 2. The van der Waals surface area contributed by atoms with Crippen molar-refractivity contribution in [1.29, 1.82) is 0 Å². The standard InChI is InChI=1S/C31H33N5O2S/c1-19-9-8-10-20(2)29(19)35-21(3)17-25(22(35)4)30-28(26-11-6-7-16-32-26)34-31(39)36(30)24-14-12-23(13-15-24)33-27(37)18-38-5/h6-17,28,30H,18H2,1-5H3,(H,33,37)(H,34,39)/t28-,30+/m0/s1. The molecular weight excluding hydrogens is 506 g/mol. The first-order valence-corrected chi connectivity index (χ1v) is 13.4. The summed E-state index contributed by atoms with van der Waals surface area (Å²) < 4.78 is 7.28. The lowest BCUT2D eigenvalue weighted by atomic mass is 9.96. The molecule has 2 aromatic carbocycles. The summed E-state index contributed by atoms with van der Waals surface area (Å²) in [7, 11) is 1.50. The molecule has 3 heterocycles. The van der Waals surface area contributed by atoms with E-state index in [0.29, 0.717) is 10.8 Å². The van der Waals surface area contributed by atoms with Gasteiger partial charge in [-0.2, -0.15) is 0 Å². The summed E-state index contributed by atoms with van der Waals surface area (Å²) in [4.78, 5) is 18.8. The second-order valence-corrected chi connectivity index (χ2v) is 10.3. The fraction of sp³-hybridized carbons (Fsp3) is 0.258. The Morgan fingerprint density at radius 3 is 2.38 bits per heavy atom. The number of nitrogens with zero attached hydrogens (tertiary/aromatic N) is 3. The summed E-state index contributed by atoms with van der Waals surface area (Å²) in [5.74, 6) is -0.198. The van der Waals surface area contributed by atoms with E-state index >= 15 is 0 Å². The van der Waals surface area contributed by atoms with Crippen molar-refractivity contribution in [2.45, 2.75) is 39.8 Å². The highest BCUT2D eigenvalue weighted by molar-refractivity contribution is 7.80. The lowest BCUT2D eigenvalue weighted by Gasteiger charge is -2.28. The molecule has 2 N–H and O–H groups in total. The number of ether oxygens (including phenoxy) is 1. The monoisotopic (exact) mass is 539 g/mol. The molecule has 1 saturated heterocycles. The van der Waals surface area contributed by atoms with E-state index < -0.39 is 0 Å². The minimum Gasteiger partial charge on any atom is -0.375 e. The van der Waals surface area contributed by atoms with Crippen LogP contribution in [0.25, 0.3) is 5.69 Å². The molecule has 0 aliphatic carbocycles. The van der Waals surface area contributed by atoms with E-state index in [1.807, 2.05) is 48.7 Å². The highest BCUT2D eigenvalue weighted by Crippen LogP contribution is 2.44. The number of carbonyl (C=O) groups excluding carboxylic acids is 1. The third-order valence-corrected chi connectivity index (χ3v) is 7.57. The van der Waals surface area contributed by atoms with E-state index in [1.165, 1.54) is 29.5 Å². The molecule has 5 rings (SSSR count). The molecule has 0 radical (unpaired) electrons. The van der Waals surface area contributed by atoms with Crippen LogP contribution in [0.5, 0.6) is 0 Å². The van der Waals surface area contributed by atoms with Gasteiger partial charge in [-0.25, -0.2) is 0 Å². The Balaban J connectivity index is 1.61. The molecule has 7 nitrogen and oxygen atoms in total. The number of rotatable bonds is 7. The van der Waals surface area contributed by atoms with Gasteiger partial charge in [0.25, 0.3) is 0 Å². The van der Waals surface area contributed by atoms with Gasteiger partial charge in [0.1, 0.15) is 6.61 Å². The number of benzene rings is 2. The Hall–Kier alpha value is -4.01. The number of methoxy groups -OCH3 is 1. The van der Waals surface area contributed by atoms with Crippen LogP contribution < -0.4 is 15.5 Å². The zero-order chi connectivity index (χ0) is 27.7. The number of aryl methyl sites for hydroxylation is 3. The Kier molecular flexibility index (Phi) is 7.50. The fourth-order valence-corrected chi connectivity index (χ4v) is 5.92. The van der Waals surface area contributed by atoms with Crippen molar-refractivity contribution < 1.29 is 9.53 Å². The second kappa shape index (κ2) is 11.0. The van der Waals surface area contributed by atoms with E-state index in [1.54, 1.807) is 0 Å². The van der Waals surface area contributed by atoms with Crippen molar-refractivity contribution in [3.05, 3.63) is 107 Å². The third-order valence-electron chi connectivity index (χ3n) is 7.25. The molecule has 200 valence electrons. The number of anilines is 2. The van der Waals surface area contributed by atoms with Gasteiger partial charge in [0.15, 0.2) is 5.11 Å². The molecule has 39 heavy (non-hydrogen) atoms. The van der Waals surface area contributed by atoms with Crippen molar-refractivity contribution in [2.24, 2.45) is 0 Å². The van der Waals surface area contributed by atoms with Crippen LogP contribution in [0.1, 0.15) is 45.9 Å². The van der Waals surface area contributed by atoms with Crippen LogP contribution in [0, 0.1) is 27.7 Å². The maximum atomic E-state index is 12.0. The lowest BCUT2D eigenvalue weighted by Crippen LogP contribution is -2.29. The van der Waals surface area contributed by atoms with Crippen LogP contribution >= 0.6 is 12.2 Å². The van der Waals surface area contributed by atoms with Crippen LogP contribution in [-0.4, -0.2) is 34.3 Å². The van der Waals surface area contributed by atoms with Crippen molar-refractivity contribution in [2.75, 3.05) is 23.9 Å².